The van der Waals surface area contributed by atoms with E-state index in [-0.39, 0.29) is 5.89 Å². The van der Waals surface area contributed by atoms with Crippen LogP contribution in [0.2, 0.25) is 0 Å². The molecule has 0 saturated heterocycles. The molecule has 0 unspecified atom stereocenters. The first-order chi connectivity index (χ1) is 14.0. The van der Waals surface area contributed by atoms with Gasteiger partial charge < -0.3 is 13.8 Å². The van der Waals surface area contributed by atoms with Gasteiger partial charge in [0.15, 0.2) is 0 Å². The van der Waals surface area contributed by atoms with Crippen LogP contribution in [0.5, 0.6) is 0 Å². The molecule has 29 heavy (non-hydrogen) atoms. The second-order valence-electron chi connectivity index (χ2n) is 6.72. The number of hydrogen-bond acceptors (Lipinski definition) is 6. The van der Waals surface area contributed by atoms with Gasteiger partial charge in [0.2, 0.25) is 0 Å². The van der Waals surface area contributed by atoms with Crippen molar-refractivity contribution in [1.82, 2.24) is 15.4 Å². The summed E-state index contributed by atoms with van der Waals surface area (Å²) in [5.74, 6) is 1.14. The number of aromatic nitrogens is 3. The summed E-state index contributed by atoms with van der Waals surface area (Å²) in [5.41, 5.74) is 4.26. The van der Waals surface area contributed by atoms with Crippen molar-refractivity contribution in [1.29, 1.82) is 0 Å². The predicted octanol–water partition coefficient (Wildman–Crippen LogP) is 5.50. The topological polar surface area (TPSA) is 68.2 Å². The Kier molecular flexibility index (Phi) is 5.18. The molecule has 0 N–H and O–H groups in total. The summed E-state index contributed by atoms with van der Waals surface area (Å²) < 4.78 is 11.2. The SMILES string of the molecule is Cc1onc(-c2ccccc2)c1-c1nnc(/C(Cl)=C/c2ccc(N(C)C)cc2)o1. The van der Waals surface area contributed by atoms with Crippen molar-refractivity contribution in [2.45, 2.75) is 6.92 Å². The fourth-order valence-corrected chi connectivity index (χ4v) is 3.12. The fourth-order valence-electron chi connectivity index (χ4n) is 2.91. The molecule has 2 aromatic heterocycles. The molecular weight excluding hydrogens is 388 g/mol. The first-order valence-corrected chi connectivity index (χ1v) is 9.41. The zero-order valence-electron chi connectivity index (χ0n) is 16.3. The summed E-state index contributed by atoms with van der Waals surface area (Å²) >= 11 is 6.43. The van der Waals surface area contributed by atoms with Crippen LogP contribution in [0.3, 0.4) is 0 Å². The fraction of sp³-hybridized carbons (Fsp3) is 0.136. The Morgan fingerprint density at radius 1 is 1.00 bits per heavy atom. The summed E-state index contributed by atoms with van der Waals surface area (Å²) in [4.78, 5) is 2.03. The predicted molar refractivity (Wildman–Crippen MR) is 114 cm³/mol. The van der Waals surface area contributed by atoms with Crippen LogP contribution in [-0.4, -0.2) is 29.4 Å². The Bertz CT molecular complexity index is 1150. The summed E-state index contributed by atoms with van der Waals surface area (Å²) in [6, 6.07) is 17.7. The van der Waals surface area contributed by atoms with E-state index in [1.54, 1.807) is 6.08 Å². The first kappa shape index (κ1) is 19.0. The zero-order valence-corrected chi connectivity index (χ0v) is 17.0. The number of aryl methyl sites for hydroxylation is 1. The third kappa shape index (κ3) is 3.93. The lowest BCUT2D eigenvalue weighted by Gasteiger charge is -2.11. The van der Waals surface area contributed by atoms with E-state index in [1.165, 1.54) is 0 Å². The van der Waals surface area contributed by atoms with E-state index in [1.807, 2.05) is 80.5 Å². The lowest BCUT2D eigenvalue weighted by molar-refractivity contribution is 0.399. The highest BCUT2D eigenvalue weighted by molar-refractivity contribution is 6.50. The number of anilines is 1. The smallest absolute Gasteiger partial charge is 0.259 e. The molecule has 4 aromatic rings. The Hall–Kier alpha value is -3.38. The van der Waals surface area contributed by atoms with Crippen LogP contribution in [0, 0.1) is 6.92 Å². The molecule has 6 nitrogen and oxygen atoms in total. The molecule has 0 fully saturated rings. The van der Waals surface area contributed by atoms with Crippen molar-refractivity contribution in [3.8, 4) is 22.7 Å². The van der Waals surface area contributed by atoms with Crippen LogP contribution in [0.25, 0.3) is 33.8 Å². The molecule has 0 saturated carbocycles. The molecule has 0 aliphatic carbocycles. The van der Waals surface area contributed by atoms with Gasteiger partial charge in [-0.15, -0.1) is 10.2 Å². The van der Waals surface area contributed by atoms with E-state index in [2.05, 4.69) is 15.4 Å². The van der Waals surface area contributed by atoms with E-state index in [9.17, 15) is 0 Å². The Morgan fingerprint density at radius 2 is 1.72 bits per heavy atom. The average molecular weight is 407 g/mol. The van der Waals surface area contributed by atoms with Gasteiger partial charge in [-0.25, -0.2) is 0 Å². The first-order valence-electron chi connectivity index (χ1n) is 9.03. The molecule has 0 aliphatic heterocycles. The summed E-state index contributed by atoms with van der Waals surface area (Å²) in [6.45, 7) is 1.81. The molecule has 0 amide bonds. The highest BCUT2D eigenvalue weighted by Gasteiger charge is 2.22. The van der Waals surface area contributed by atoms with E-state index in [0.29, 0.717) is 27.9 Å². The summed E-state index contributed by atoms with van der Waals surface area (Å²) in [7, 11) is 3.99. The van der Waals surface area contributed by atoms with Crippen molar-refractivity contribution in [2.24, 2.45) is 0 Å². The zero-order chi connectivity index (χ0) is 20.4. The van der Waals surface area contributed by atoms with Gasteiger partial charge in [-0.3, -0.25) is 0 Å². The van der Waals surface area contributed by atoms with Gasteiger partial charge in [0.1, 0.15) is 22.0 Å². The maximum atomic E-state index is 6.43. The van der Waals surface area contributed by atoms with Crippen LogP contribution in [0.4, 0.5) is 5.69 Å². The van der Waals surface area contributed by atoms with Crippen molar-refractivity contribution in [2.75, 3.05) is 19.0 Å². The largest absolute Gasteiger partial charge is 0.415 e. The van der Waals surface area contributed by atoms with Crippen LogP contribution >= 0.6 is 11.6 Å². The molecule has 0 bridgehead atoms. The van der Waals surface area contributed by atoms with Gasteiger partial charge in [-0.2, -0.15) is 0 Å². The molecule has 2 aromatic carbocycles. The molecule has 0 radical (unpaired) electrons. The van der Waals surface area contributed by atoms with Gasteiger partial charge in [0.05, 0.1) is 0 Å². The van der Waals surface area contributed by atoms with E-state index in [4.69, 9.17) is 20.5 Å². The number of halogens is 1. The van der Waals surface area contributed by atoms with Gasteiger partial charge in [-0.05, 0) is 30.7 Å². The number of rotatable bonds is 5. The minimum absolute atomic E-state index is 0.234. The summed E-state index contributed by atoms with van der Waals surface area (Å²) in [6.07, 6.45) is 1.79. The minimum atomic E-state index is 0.234. The molecule has 2 heterocycles. The summed E-state index contributed by atoms with van der Waals surface area (Å²) in [5, 5.41) is 12.8. The second kappa shape index (κ2) is 7.93. The minimum Gasteiger partial charge on any atom is -0.415 e. The molecule has 146 valence electrons. The maximum absolute atomic E-state index is 6.43. The van der Waals surface area contributed by atoms with Crippen molar-refractivity contribution >= 4 is 28.4 Å². The Labute approximate surface area is 173 Å². The number of nitrogens with zero attached hydrogens (tertiary/aromatic N) is 4. The molecule has 0 spiro atoms. The third-order valence-electron chi connectivity index (χ3n) is 4.46. The van der Waals surface area contributed by atoms with Gasteiger partial charge in [0.25, 0.3) is 11.8 Å². The van der Waals surface area contributed by atoms with Crippen molar-refractivity contribution < 1.29 is 8.94 Å². The number of benzene rings is 2. The maximum Gasteiger partial charge on any atom is 0.259 e. The average Bonchev–Trinajstić information content (AvgIpc) is 3.35. The van der Waals surface area contributed by atoms with Crippen LogP contribution in [0.1, 0.15) is 17.2 Å². The highest BCUT2D eigenvalue weighted by atomic mass is 35.5. The van der Waals surface area contributed by atoms with E-state index >= 15 is 0 Å². The van der Waals surface area contributed by atoms with Crippen LogP contribution in [-0.2, 0) is 0 Å². The van der Waals surface area contributed by atoms with E-state index < -0.39 is 0 Å². The monoisotopic (exact) mass is 406 g/mol. The molecular formula is C22H19ClN4O2. The molecule has 0 aliphatic rings. The quantitative estimate of drug-likeness (QED) is 0.435. The molecule has 4 rings (SSSR count). The van der Waals surface area contributed by atoms with Crippen LogP contribution < -0.4 is 4.90 Å². The second-order valence-corrected chi connectivity index (χ2v) is 7.13. The Morgan fingerprint density at radius 3 is 2.41 bits per heavy atom. The lowest BCUT2D eigenvalue weighted by Crippen LogP contribution is -2.07. The molecule has 0 atom stereocenters. The standard InChI is InChI=1S/C22H19ClN4O2/c1-14-19(20(26-29-14)16-7-5-4-6-8-16)22-25-24-21(28-22)18(23)13-15-9-11-17(12-10-15)27(2)3/h4-13H,1-3H3/b18-13-. The third-order valence-corrected chi connectivity index (χ3v) is 4.73. The Balaban J connectivity index is 1.65. The van der Waals surface area contributed by atoms with Crippen molar-refractivity contribution in [3.63, 3.8) is 0 Å². The lowest BCUT2D eigenvalue weighted by atomic mass is 10.1. The van der Waals surface area contributed by atoms with E-state index in [0.717, 1.165) is 16.8 Å². The van der Waals surface area contributed by atoms with Crippen molar-refractivity contribution in [3.05, 3.63) is 71.8 Å². The van der Waals surface area contributed by atoms with Gasteiger partial charge >= 0.3 is 0 Å². The van der Waals surface area contributed by atoms with Crippen LogP contribution in [0.15, 0.2) is 63.5 Å². The highest BCUT2D eigenvalue weighted by Crippen LogP contribution is 2.34. The molecule has 7 heteroatoms. The van der Waals surface area contributed by atoms with Gasteiger partial charge in [-0.1, -0.05) is 59.2 Å². The number of hydrogen-bond donors (Lipinski definition) is 0. The normalized spacial score (nSPS) is 11.7. The van der Waals surface area contributed by atoms with Gasteiger partial charge in [0, 0.05) is 25.3 Å².